The maximum Gasteiger partial charge on any atom is 0.413 e. The van der Waals surface area contributed by atoms with Gasteiger partial charge in [0.15, 0.2) is 6.42 Å². The van der Waals surface area contributed by atoms with Crippen molar-refractivity contribution in [1.82, 2.24) is 0 Å². The molecule has 0 aliphatic rings. The molecule has 0 fully saturated rings. The molecule has 0 unspecified atom stereocenters. The lowest BCUT2D eigenvalue weighted by Crippen LogP contribution is -1.90. The Morgan fingerprint density at radius 1 is 1.42 bits per heavy atom. The molecule has 0 aromatic carbocycles. The van der Waals surface area contributed by atoms with Crippen molar-refractivity contribution >= 4 is 5.97 Å². The predicted octanol–water partition coefficient (Wildman–Crippen LogP) is 2.80. The molecule has 0 aliphatic heterocycles. The molecule has 0 aromatic heterocycles. The number of carboxylic acid groups (broad SMARTS) is 1. The van der Waals surface area contributed by atoms with Gasteiger partial charge in [0.1, 0.15) is 6.08 Å². The minimum absolute atomic E-state index is 0.875. The average Bonchev–Trinajstić information content (AvgIpc) is 2.02. The second-order valence-corrected chi connectivity index (χ2v) is 2.78. The molecule has 0 radical (unpaired) electrons. The third-order valence-electron chi connectivity index (χ3n) is 1.60. The summed E-state index contributed by atoms with van der Waals surface area (Å²) in [5.41, 5.74) is 0. The van der Waals surface area contributed by atoms with E-state index >= 15 is 0 Å². The molecule has 0 aromatic rings. The summed E-state index contributed by atoms with van der Waals surface area (Å²) in [5.74, 6) is -0.875. The summed E-state index contributed by atoms with van der Waals surface area (Å²) < 4.78 is 0. The molecule has 68 valence electrons. The van der Waals surface area contributed by atoms with Crippen molar-refractivity contribution in [2.24, 2.45) is 0 Å². The van der Waals surface area contributed by atoms with Gasteiger partial charge in [-0.3, -0.25) is 0 Å². The Morgan fingerprint density at radius 3 is 2.75 bits per heavy atom. The molecule has 0 aliphatic carbocycles. The molecular weight excluding hydrogens is 152 g/mol. The maximum atomic E-state index is 10.0. The van der Waals surface area contributed by atoms with Gasteiger partial charge in [-0.25, -0.2) is 4.79 Å². The van der Waals surface area contributed by atoms with Gasteiger partial charge in [-0.05, 0) is 6.42 Å². The van der Waals surface area contributed by atoms with Gasteiger partial charge in [0, 0.05) is 12.5 Å². The molecule has 0 heterocycles. The number of carbonyl (C=O) groups is 1. The number of carboxylic acids is 1. The third kappa shape index (κ3) is 9.08. The van der Waals surface area contributed by atoms with E-state index in [-0.39, 0.29) is 0 Å². The van der Waals surface area contributed by atoms with E-state index in [1.165, 1.54) is 25.7 Å². The Labute approximate surface area is 74.3 Å². The van der Waals surface area contributed by atoms with Gasteiger partial charge in [0.25, 0.3) is 0 Å². The van der Waals surface area contributed by atoms with Gasteiger partial charge in [0.2, 0.25) is 0 Å². The Hall–Kier alpha value is -0.920. The Kier molecular flexibility index (Phi) is 7.55. The van der Waals surface area contributed by atoms with Crippen molar-refractivity contribution in [2.75, 3.05) is 0 Å². The van der Waals surface area contributed by atoms with Gasteiger partial charge in [-0.2, -0.15) is 0 Å². The molecule has 1 N–H and O–H groups in total. The lowest BCUT2D eigenvalue weighted by molar-refractivity contribution is -0.132. The lowest BCUT2D eigenvalue weighted by atomic mass is 10.1. The zero-order chi connectivity index (χ0) is 9.23. The minimum atomic E-state index is -0.875. The van der Waals surface area contributed by atoms with Crippen LogP contribution in [0.15, 0.2) is 12.2 Å². The lowest BCUT2D eigenvalue weighted by Gasteiger charge is -1.90. The summed E-state index contributed by atoms with van der Waals surface area (Å²) in [7, 11) is 0. The molecule has 0 bridgehead atoms. The largest absolute Gasteiger partial charge is 0.463 e. The highest BCUT2D eigenvalue weighted by Crippen LogP contribution is 2.02. The van der Waals surface area contributed by atoms with Crippen LogP contribution in [0.5, 0.6) is 0 Å². The first-order chi connectivity index (χ1) is 5.77. The molecule has 2 nitrogen and oxygen atoms in total. The quantitative estimate of drug-likeness (QED) is 0.470. The SMILES string of the molecule is CCCCCCC=C[CH+]C(=O)O. The second-order valence-electron chi connectivity index (χ2n) is 2.78. The molecule has 0 saturated heterocycles. The first kappa shape index (κ1) is 11.1. The average molecular weight is 169 g/mol. The van der Waals surface area contributed by atoms with Crippen molar-refractivity contribution in [1.29, 1.82) is 0 Å². The number of hydrogen-bond donors (Lipinski definition) is 1. The van der Waals surface area contributed by atoms with Crippen LogP contribution in [-0.2, 0) is 4.79 Å². The first-order valence-electron chi connectivity index (χ1n) is 4.50. The highest BCUT2D eigenvalue weighted by molar-refractivity contribution is 5.79. The van der Waals surface area contributed by atoms with Crippen molar-refractivity contribution in [2.45, 2.75) is 39.0 Å². The number of unbranched alkanes of at least 4 members (excludes halogenated alkanes) is 4. The molecule has 12 heavy (non-hydrogen) atoms. The van der Waals surface area contributed by atoms with Gasteiger partial charge in [0.05, 0.1) is 0 Å². The number of aliphatic carboxylic acids is 1. The van der Waals surface area contributed by atoms with Crippen LogP contribution in [0, 0.1) is 6.42 Å². The predicted molar refractivity (Wildman–Crippen MR) is 49.8 cm³/mol. The van der Waals surface area contributed by atoms with Gasteiger partial charge in [-0.1, -0.05) is 26.2 Å². The summed E-state index contributed by atoms with van der Waals surface area (Å²) in [6, 6.07) is 0. The molecular formula is C10H17O2+. The zero-order valence-electron chi connectivity index (χ0n) is 7.62. The standard InChI is InChI=1S/C10H16O2/c1-2-3-4-5-6-7-8-9-10(11)12/h7-9H,2-6H2,1H3/p+1. The zero-order valence-corrected chi connectivity index (χ0v) is 7.62. The Balaban J connectivity index is 3.08. The summed E-state index contributed by atoms with van der Waals surface area (Å²) in [5, 5.41) is 8.25. The molecule has 0 spiro atoms. The topological polar surface area (TPSA) is 37.3 Å². The molecule has 0 saturated carbocycles. The van der Waals surface area contributed by atoms with Crippen LogP contribution in [0.25, 0.3) is 0 Å². The summed E-state index contributed by atoms with van der Waals surface area (Å²) in [4.78, 5) is 10.0. The van der Waals surface area contributed by atoms with E-state index in [4.69, 9.17) is 5.11 Å². The van der Waals surface area contributed by atoms with E-state index in [2.05, 4.69) is 6.92 Å². The smallest absolute Gasteiger partial charge is 0.413 e. The van der Waals surface area contributed by atoms with Crippen molar-refractivity contribution in [3.05, 3.63) is 18.6 Å². The van der Waals surface area contributed by atoms with Crippen LogP contribution in [0.2, 0.25) is 0 Å². The monoisotopic (exact) mass is 169 g/mol. The van der Waals surface area contributed by atoms with E-state index in [0.717, 1.165) is 12.8 Å². The normalized spacial score (nSPS) is 10.4. The highest BCUT2D eigenvalue weighted by atomic mass is 16.4. The van der Waals surface area contributed by atoms with Crippen LogP contribution < -0.4 is 0 Å². The van der Waals surface area contributed by atoms with Crippen molar-refractivity contribution in [3.8, 4) is 0 Å². The van der Waals surface area contributed by atoms with Crippen LogP contribution in [0.1, 0.15) is 39.0 Å². The highest BCUT2D eigenvalue weighted by Gasteiger charge is 1.97. The van der Waals surface area contributed by atoms with E-state index < -0.39 is 5.97 Å². The molecule has 0 rings (SSSR count). The number of allylic oxidation sites excluding steroid dienone is 1. The molecule has 2 heteroatoms. The summed E-state index contributed by atoms with van der Waals surface area (Å²) in [6.45, 7) is 2.17. The van der Waals surface area contributed by atoms with Crippen LogP contribution in [0.3, 0.4) is 0 Å². The second kappa shape index (κ2) is 8.18. The van der Waals surface area contributed by atoms with Crippen LogP contribution in [-0.4, -0.2) is 11.1 Å². The summed E-state index contributed by atoms with van der Waals surface area (Å²) >= 11 is 0. The summed E-state index contributed by atoms with van der Waals surface area (Å²) in [6.07, 6.45) is 10.6. The Morgan fingerprint density at radius 2 is 2.17 bits per heavy atom. The van der Waals surface area contributed by atoms with Gasteiger partial charge >= 0.3 is 5.97 Å². The number of rotatable bonds is 7. The fourth-order valence-corrected chi connectivity index (χ4v) is 0.936. The van der Waals surface area contributed by atoms with Crippen LogP contribution >= 0.6 is 0 Å². The molecule has 0 atom stereocenters. The van der Waals surface area contributed by atoms with E-state index in [0.29, 0.717) is 0 Å². The van der Waals surface area contributed by atoms with Crippen LogP contribution in [0.4, 0.5) is 0 Å². The third-order valence-corrected chi connectivity index (χ3v) is 1.60. The van der Waals surface area contributed by atoms with Gasteiger partial charge in [-0.15, -0.1) is 0 Å². The minimum Gasteiger partial charge on any atom is -0.463 e. The molecule has 0 amide bonds. The van der Waals surface area contributed by atoms with E-state index in [9.17, 15) is 4.79 Å². The fourth-order valence-electron chi connectivity index (χ4n) is 0.936. The number of hydrogen-bond acceptors (Lipinski definition) is 1. The van der Waals surface area contributed by atoms with E-state index in [1.807, 2.05) is 6.08 Å². The fraction of sp³-hybridized carbons (Fsp3) is 0.600. The Bertz CT molecular complexity index is 139. The van der Waals surface area contributed by atoms with Crippen molar-refractivity contribution in [3.63, 3.8) is 0 Å². The van der Waals surface area contributed by atoms with Gasteiger partial charge < -0.3 is 5.11 Å². The van der Waals surface area contributed by atoms with Crippen molar-refractivity contribution < 1.29 is 9.90 Å². The first-order valence-corrected chi connectivity index (χ1v) is 4.50. The van der Waals surface area contributed by atoms with E-state index in [1.54, 1.807) is 6.08 Å². The maximum absolute atomic E-state index is 10.0.